The molecule has 0 saturated carbocycles. The maximum atomic E-state index is 11.7. The van der Waals surface area contributed by atoms with Gasteiger partial charge in [0.1, 0.15) is 11.5 Å². The highest BCUT2D eigenvalue weighted by Gasteiger charge is 2.14. The molecule has 108 valence electrons. The van der Waals surface area contributed by atoms with Gasteiger partial charge in [0.05, 0.1) is 28.0 Å². The molecular weight excluding hydrogens is 263 g/mol. The molecule has 0 bridgehead atoms. The molecule has 0 unspecified atom stereocenters. The van der Waals surface area contributed by atoms with Gasteiger partial charge in [0.15, 0.2) is 0 Å². The Morgan fingerprint density at radius 1 is 1.16 bits per heavy atom. The second-order valence-electron chi connectivity index (χ2n) is 5.04. The van der Waals surface area contributed by atoms with E-state index in [9.17, 15) is 9.67 Å². The van der Waals surface area contributed by atoms with E-state index >= 15 is 0 Å². The van der Waals surface area contributed by atoms with Crippen LogP contribution in [0.25, 0.3) is 0 Å². The Morgan fingerprint density at radius 2 is 1.68 bits per heavy atom. The van der Waals surface area contributed by atoms with Gasteiger partial charge in [0.25, 0.3) is 0 Å². The van der Waals surface area contributed by atoms with Gasteiger partial charge < -0.3 is 19.1 Å². The van der Waals surface area contributed by atoms with Crippen LogP contribution >= 0.6 is 7.14 Å². The number of hydrogen-bond acceptors (Lipinski definition) is 4. The molecule has 0 atom stereocenters. The van der Waals surface area contributed by atoms with Gasteiger partial charge in [-0.05, 0) is 43.9 Å². The van der Waals surface area contributed by atoms with E-state index in [1.54, 1.807) is 27.5 Å². The zero-order valence-electron chi connectivity index (χ0n) is 12.1. The maximum absolute atomic E-state index is 11.7. The van der Waals surface area contributed by atoms with Gasteiger partial charge in [0.2, 0.25) is 0 Å². The van der Waals surface area contributed by atoms with Crippen LogP contribution in [0, 0.1) is 0 Å². The van der Waals surface area contributed by atoms with E-state index in [1.165, 1.54) is 0 Å². The van der Waals surface area contributed by atoms with E-state index in [0.29, 0.717) is 17.7 Å². The lowest BCUT2D eigenvalue weighted by Crippen LogP contribution is -2.01. The molecule has 5 heteroatoms. The van der Waals surface area contributed by atoms with Crippen LogP contribution in [-0.2, 0) is 17.6 Å². The highest BCUT2D eigenvalue weighted by Crippen LogP contribution is 2.38. The van der Waals surface area contributed by atoms with Crippen LogP contribution in [-0.4, -0.2) is 38.8 Å². The maximum Gasteiger partial charge on any atom is 0.126 e. The summed E-state index contributed by atoms with van der Waals surface area (Å²) < 4.78 is 22.4. The minimum absolute atomic E-state index is 0.0495. The quantitative estimate of drug-likeness (QED) is 0.783. The van der Waals surface area contributed by atoms with Crippen LogP contribution < -0.4 is 9.47 Å². The average Bonchev–Trinajstić information content (AvgIpc) is 2.37. The largest absolute Gasteiger partial charge is 0.496 e. The van der Waals surface area contributed by atoms with Gasteiger partial charge in [-0.15, -0.1) is 0 Å². The zero-order valence-corrected chi connectivity index (χ0v) is 13.0. The molecule has 1 aromatic rings. The summed E-state index contributed by atoms with van der Waals surface area (Å²) in [5.74, 6) is 1.43. The fourth-order valence-electron chi connectivity index (χ4n) is 2.01. The van der Waals surface area contributed by atoms with Gasteiger partial charge in [0, 0.05) is 11.7 Å². The predicted octanol–water partition coefficient (Wildman–Crippen LogP) is 2.75. The topological polar surface area (TPSA) is 55.8 Å². The van der Waals surface area contributed by atoms with Gasteiger partial charge in [-0.1, -0.05) is 0 Å². The summed E-state index contributed by atoms with van der Waals surface area (Å²) in [5, 5.41) is 9.20. The van der Waals surface area contributed by atoms with Gasteiger partial charge in [-0.3, -0.25) is 0 Å². The van der Waals surface area contributed by atoms with Crippen LogP contribution in [0.2, 0.25) is 0 Å². The first-order chi connectivity index (χ1) is 8.91. The number of aliphatic hydroxyl groups excluding tert-OH is 1. The van der Waals surface area contributed by atoms with Gasteiger partial charge in [-0.25, -0.2) is 0 Å². The van der Waals surface area contributed by atoms with Crippen molar-refractivity contribution in [3.8, 4) is 11.5 Å². The Morgan fingerprint density at radius 3 is 2.05 bits per heavy atom. The van der Waals surface area contributed by atoms with Crippen molar-refractivity contribution in [1.29, 1.82) is 0 Å². The third-order valence-electron chi connectivity index (χ3n) is 2.97. The molecule has 0 amide bonds. The number of methoxy groups -OCH3 is 2. The average molecular weight is 286 g/mol. The number of hydrogen-bond donors (Lipinski definition) is 1. The molecule has 19 heavy (non-hydrogen) atoms. The number of ether oxygens (including phenoxy) is 2. The van der Waals surface area contributed by atoms with Crippen LogP contribution in [0.5, 0.6) is 11.5 Å². The first-order valence-electron chi connectivity index (χ1n) is 6.30. The molecule has 0 aliphatic carbocycles. The summed E-state index contributed by atoms with van der Waals surface area (Å²) in [6.07, 6.45) is 2.29. The Labute approximate surface area is 115 Å². The van der Waals surface area contributed by atoms with Crippen molar-refractivity contribution in [2.45, 2.75) is 19.4 Å². The summed E-state index contributed by atoms with van der Waals surface area (Å²) in [4.78, 5) is 0. The monoisotopic (exact) mass is 286 g/mol. The highest BCUT2D eigenvalue weighted by molar-refractivity contribution is 7.62. The minimum Gasteiger partial charge on any atom is -0.496 e. The molecule has 0 aromatic heterocycles. The molecule has 4 nitrogen and oxygen atoms in total. The van der Waals surface area contributed by atoms with Crippen molar-refractivity contribution in [2.75, 3.05) is 33.7 Å². The molecule has 1 rings (SSSR count). The standard InChI is InChI=1S/C14H23O4P/c1-17-13-8-11(10-15)9-14(18-2)12(13)6-5-7-19(3,4)16/h8-9,15H,5-7,10H2,1-4H3. The van der Waals surface area contributed by atoms with Crippen LogP contribution in [0.1, 0.15) is 17.5 Å². The van der Waals surface area contributed by atoms with E-state index in [2.05, 4.69) is 0 Å². The molecule has 0 aliphatic heterocycles. The van der Waals surface area contributed by atoms with E-state index in [0.717, 1.165) is 24.0 Å². The van der Waals surface area contributed by atoms with Gasteiger partial charge in [-0.2, -0.15) is 0 Å². The predicted molar refractivity (Wildman–Crippen MR) is 78.1 cm³/mol. The molecule has 0 radical (unpaired) electrons. The molecule has 1 aromatic carbocycles. The summed E-state index contributed by atoms with van der Waals surface area (Å²) in [5.41, 5.74) is 1.73. The molecule has 0 fully saturated rings. The fraction of sp³-hybridized carbons (Fsp3) is 0.571. The molecule has 0 heterocycles. The lowest BCUT2D eigenvalue weighted by Gasteiger charge is -2.15. The van der Waals surface area contributed by atoms with E-state index in [-0.39, 0.29) is 6.61 Å². The highest BCUT2D eigenvalue weighted by atomic mass is 31.2. The number of benzene rings is 1. The Balaban J connectivity index is 2.94. The first kappa shape index (κ1) is 16.1. The SMILES string of the molecule is COc1cc(CO)cc(OC)c1CCCP(C)(C)=O. The smallest absolute Gasteiger partial charge is 0.126 e. The molecular formula is C14H23O4P. The molecule has 1 N–H and O–H groups in total. The van der Waals surface area contributed by atoms with Crippen LogP contribution in [0.4, 0.5) is 0 Å². The lowest BCUT2D eigenvalue weighted by molar-refractivity contribution is 0.279. The number of aliphatic hydroxyl groups is 1. The van der Waals surface area contributed by atoms with Crippen molar-refractivity contribution in [1.82, 2.24) is 0 Å². The summed E-state index contributed by atoms with van der Waals surface area (Å²) >= 11 is 0. The number of rotatable bonds is 7. The Bertz CT molecular complexity index is 440. The van der Waals surface area contributed by atoms with E-state index < -0.39 is 7.14 Å². The zero-order chi connectivity index (χ0) is 14.5. The van der Waals surface area contributed by atoms with E-state index in [4.69, 9.17) is 9.47 Å². The summed E-state index contributed by atoms with van der Waals surface area (Å²) in [6, 6.07) is 3.63. The van der Waals surface area contributed by atoms with Crippen molar-refractivity contribution in [3.05, 3.63) is 23.3 Å². The third kappa shape index (κ3) is 4.88. The fourth-order valence-corrected chi connectivity index (χ4v) is 2.93. The molecule has 0 spiro atoms. The summed E-state index contributed by atoms with van der Waals surface area (Å²) in [7, 11) is 1.22. The Hall–Kier alpha value is -0.990. The van der Waals surface area contributed by atoms with Crippen molar-refractivity contribution >= 4 is 7.14 Å². The third-order valence-corrected chi connectivity index (χ3v) is 4.37. The van der Waals surface area contributed by atoms with Gasteiger partial charge >= 0.3 is 0 Å². The first-order valence-corrected chi connectivity index (χ1v) is 9.08. The minimum atomic E-state index is -1.99. The van der Waals surface area contributed by atoms with Crippen molar-refractivity contribution < 1.29 is 19.1 Å². The second-order valence-corrected chi connectivity index (χ2v) is 8.63. The lowest BCUT2D eigenvalue weighted by atomic mass is 10.0. The Kier molecular flexibility index (Phi) is 5.89. The van der Waals surface area contributed by atoms with Crippen LogP contribution in [0.15, 0.2) is 12.1 Å². The normalized spacial score (nSPS) is 11.4. The summed E-state index contributed by atoms with van der Waals surface area (Å²) in [6.45, 7) is 3.55. The van der Waals surface area contributed by atoms with Crippen LogP contribution in [0.3, 0.4) is 0 Å². The van der Waals surface area contributed by atoms with Crippen molar-refractivity contribution in [3.63, 3.8) is 0 Å². The molecule has 0 aliphatic rings. The molecule has 0 saturated heterocycles. The van der Waals surface area contributed by atoms with Crippen molar-refractivity contribution in [2.24, 2.45) is 0 Å². The van der Waals surface area contributed by atoms with E-state index in [1.807, 2.05) is 12.1 Å². The second kappa shape index (κ2) is 6.97.